The van der Waals surface area contributed by atoms with Crippen molar-refractivity contribution in [1.29, 1.82) is 0 Å². The molecule has 0 amide bonds. The van der Waals surface area contributed by atoms with Crippen LogP contribution in [-0.2, 0) is 19.1 Å². The summed E-state index contributed by atoms with van der Waals surface area (Å²) in [6.07, 6.45) is 20.5. The molecule has 0 aliphatic heterocycles. The van der Waals surface area contributed by atoms with Gasteiger partial charge in [-0.1, -0.05) is 97.8 Å². The molecule has 32 heavy (non-hydrogen) atoms. The maximum atomic E-state index is 11.9. The molecule has 0 bridgehead atoms. The van der Waals surface area contributed by atoms with E-state index in [9.17, 15) is 9.59 Å². The van der Waals surface area contributed by atoms with Crippen molar-refractivity contribution in [1.82, 2.24) is 0 Å². The number of ether oxygens (including phenoxy) is 2. The van der Waals surface area contributed by atoms with Crippen LogP contribution in [-0.4, -0.2) is 24.6 Å². The Hall–Kier alpha value is -1.06. The summed E-state index contributed by atoms with van der Waals surface area (Å²) < 4.78 is 11.0. The minimum Gasteiger partial charge on any atom is -0.465 e. The largest absolute Gasteiger partial charge is 0.465 e. The Morgan fingerprint density at radius 1 is 0.625 bits per heavy atom. The molecule has 0 N–H and O–H groups in total. The summed E-state index contributed by atoms with van der Waals surface area (Å²) >= 11 is 0. The monoisotopic (exact) mass is 454 g/mol. The normalized spacial score (nSPS) is 13.0. The number of hydrogen-bond donors (Lipinski definition) is 0. The van der Waals surface area contributed by atoms with Crippen LogP contribution in [0.1, 0.15) is 150 Å². The van der Waals surface area contributed by atoms with E-state index in [2.05, 4.69) is 20.8 Å². The lowest BCUT2D eigenvalue weighted by Gasteiger charge is -2.14. The van der Waals surface area contributed by atoms with E-state index in [0.29, 0.717) is 25.4 Å². The molecular weight excluding hydrogens is 400 g/mol. The zero-order valence-corrected chi connectivity index (χ0v) is 21.9. The zero-order valence-electron chi connectivity index (χ0n) is 21.9. The van der Waals surface area contributed by atoms with E-state index in [1.165, 1.54) is 44.9 Å². The van der Waals surface area contributed by atoms with Crippen LogP contribution in [0.4, 0.5) is 0 Å². The summed E-state index contributed by atoms with van der Waals surface area (Å²) in [7, 11) is 0. The highest BCUT2D eigenvalue weighted by atomic mass is 16.5. The molecule has 0 rings (SSSR count). The zero-order chi connectivity index (χ0) is 23.9. The summed E-state index contributed by atoms with van der Waals surface area (Å²) in [5.41, 5.74) is 0. The predicted octanol–water partition coefficient (Wildman–Crippen LogP) is 8.55. The van der Waals surface area contributed by atoms with Crippen LogP contribution < -0.4 is 0 Å². The summed E-state index contributed by atoms with van der Waals surface area (Å²) in [5.74, 6) is 0.441. The molecule has 0 spiro atoms. The average molecular weight is 455 g/mol. The van der Waals surface area contributed by atoms with Gasteiger partial charge in [0.25, 0.3) is 0 Å². The number of esters is 2. The van der Waals surface area contributed by atoms with Crippen molar-refractivity contribution in [2.45, 2.75) is 156 Å². The molecule has 0 aromatic heterocycles. The van der Waals surface area contributed by atoms with Gasteiger partial charge >= 0.3 is 11.9 Å². The molecule has 0 aromatic rings. The van der Waals surface area contributed by atoms with Gasteiger partial charge in [0.05, 0.1) is 12.7 Å². The van der Waals surface area contributed by atoms with Crippen LogP contribution in [0.25, 0.3) is 0 Å². The quantitative estimate of drug-likeness (QED) is 0.115. The van der Waals surface area contributed by atoms with Gasteiger partial charge in [0.2, 0.25) is 0 Å². The summed E-state index contributed by atoms with van der Waals surface area (Å²) in [5, 5.41) is 0. The fraction of sp³-hybridized carbons (Fsp3) is 0.929. The molecule has 2 unspecified atom stereocenters. The molecule has 0 aliphatic rings. The van der Waals surface area contributed by atoms with Crippen molar-refractivity contribution in [3.05, 3.63) is 0 Å². The molecular formula is C28H54O4. The standard InChI is InChI=1S/C28H54O4/c1-5-8-10-11-12-15-19-23-28(30)32-25(4)20-17-14-13-16-18-22-27(29)31-24-26(7-3)21-9-6-2/h25-26H,5-24H2,1-4H3. The van der Waals surface area contributed by atoms with E-state index in [0.717, 1.165) is 64.2 Å². The highest BCUT2D eigenvalue weighted by Crippen LogP contribution is 2.15. The Balaban J connectivity index is 3.53. The van der Waals surface area contributed by atoms with Crippen LogP contribution in [0, 0.1) is 5.92 Å². The predicted molar refractivity (Wildman–Crippen MR) is 135 cm³/mol. The maximum Gasteiger partial charge on any atom is 0.306 e. The van der Waals surface area contributed by atoms with Crippen molar-refractivity contribution >= 4 is 11.9 Å². The van der Waals surface area contributed by atoms with Crippen LogP contribution in [0.15, 0.2) is 0 Å². The Bertz CT molecular complexity index is 435. The summed E-state index contributed by atoms with van der Waals surface area (Å²) in [6, 6.07) is 0. The van der Waals surface area contributed by atoms with E-state index < -0.39 is 0 Å². The first-order valence-electron chi connectivity index (χ1n) is 13.9. The second-order valence-electron chi connectivity index (χ2n) is 9.58. The number of rotatable bonds is 23. The SMILES string of the molecule is CCCCCCCCCC(=O)OC(C)CCCCCCCC(=O)OCC(CC)CCCC. The van der Waals surface area contributed by atoms with Gasteiger partial charge in [-0.15, -0.1) is 0 Å². The molecule has 0 fully saturated rings. The Morgan fingerprint density at radius 3 is 1.75 bits per heavy atom. The van der Waals surface area contributed by atoms with Crippen LogP contribution in [0.3, 0.4) is 0 Å². The van der Waals surface area contributed by atoms with Crippen LogP contribution in [0.5, 0.6) is 0 Å². The molecule has 190 valence electrons. The number of carbonyl (C=O) groups is 2. The number of carbonyl (C=O) groups excluding carboxylic acids is 2. The van der Waals surface area contributed by atoms with Gasteiger partial charge in [-0.2, -0.15) is 0 Å². The van der Waals surface area contributed by atoms with Gasteiger partial charge in [-0.3, -0.25) is 9.59 Å². The van der Waals surface area contributed by atoms with Gasteiger partial charge < -0.3 is 9.47 Å². The topological polar surface area (TPSA) is 52.6 Å². The van der Waals surface area contributed by atoms with Gasteiger partial charge in [0.15, 0.2) is 0 Å². The molecule has 0 radical (unpaired) electrons. The first-order chi connectivity index (χ1) is 15.5. The summed E-state index contributed by atoms with van der Waals surface area (Å²) in [4.78, 5) is 23.8. The van der Waals surface area contributed by atoms with Crippen molar-refractivity contribution in [3.63, 3.8) is 0 Å². The number of unbranched alkanes of at least 4 members (excludes halogenated alkanes) is 11. The lowest BCUT2D eigenvalue weighted by atomic mass is 10.0. The van der Waals surface area contributed by atoms with Gasteiger partial charge in [0.1, 0.15) is 0 Å². The Kier molecular flexibility index (Phi) is 22.3. The first kappa shape index (κ1) is 30.9. The highest BCUT2D eigenvalue weighted by molar-refractivity contribution is 5.69. The smallest absolute Gasteiger partial charge is 0.306 e. The maximum absolute atomic E-state index is 11.9. The van der Waals surface area contributed by atoms with Crippen LogP contribution >= 0.6 is 0 Å². The fourth-order valence-corrected chi connectivity index (χ4v) is 3.98. The van der Waals surface area contributed by atoms with Gasteiger partial charge in [-0.25, -0.2) is 0 Å². The molecule has 0 saturated carbocycles. The third kappa shape index (κ3) is 20.8. The fourth-order valence-electron chi connectivity index (χ4n) is 3.98. The van der Waals surface area contributed by atoms with Crippen LogP contribution in [0.2, 0.25) is 0 Å². The molecule has 2 atom stereocenters. The second-order valence-corrected chi connectivity index (χ2v) is 9.58. The van der Waals surface area contributed by atoms with Crippen molar-refractivity contribution in [2.24, 2.45) is 5.92 Å². The lowest BCUT2D eigenvalue weighted by Crippen LogP contribution is -2.14. The lowest BCUT2D eigenvalue weighted by molar-refractivity contribution is -0.148. The van der Waals surface area contributed by atoms with Crippen molar-refractivity contribution in [2.75, 3.05) is 6.61 Å². The minimum absolute atomic E-state index is 0.0150. The van der Waals surface area contributed by atoms with E-state index >= 15 is 0 Å². The van der Waals surface area contributed by atoms with E-state index in [1.807, 2.05) is 6.92 Å². The van der Waals surface area contributed by atoms with Gasteiger partial charge in [0, 0.05) is 12.8 Å². The average Bonchev–Trinajstić information content (AvgIpc) is 2.77. The Labute approximate surface area is 199 Å². The van der Waals surface area contributed by atoms with Crippen molar-refractivity contribution in [3.8, 4) is 0 Å². The summed E-state index contributed by atoms with van der Waals surface area (Å²) in [6.45, 7) is 9.19. The van der Waals surface area contributed by atoms with Crippen molar-refractivity contribution < 1.29 is 19.1 Å². The molecule has 0 heterocycles. The first-order valence-corrected chi connectivity index (χ1v) is 13.9. The third-order valence-corrected chi connectivity index (χ3v) is 6.33. The molecule has 0 aliphatic carbocycles. The third-order valence-electron chi connectivity index (χ3n) is 6.33. The second kappa shape index (κ2) is 23.1. The van der Waals surface area contributed by atoms with E-state index in [4.69, 9.17) is 9.47 Å². The molecule has 0 aromatic carbocycles. The van der Waals surface area contributed by atoms with Gasteiger partial charge in [-0.05, 0) is 44.9 Å². The highest BCUT2D eigenvalue weighted by Gasteiger charge is 2.11. The molecule has 0 saturated heterocycles. The number of hydrogen-bond acceptors (Lipinski definition) is 4. The molecule has 4 nitrogen and oxygen atoms in total. The molecule has 4 heteroatoms. The minimum atomic E-state index is -0.0403. The Morgan fingerprint density at radius 2 is 1.16 bits per heavy atom. The van der Waals surface area contributed by atoms with E-state index in [1.54, 1.807) is 0 Å². The van der Waals surface area contributed by atoms with E-state index in [-0.39, 0.29) is 18.0 Å².